The highest BCUT2D eigenvalue weighted by Gasteiger charge is 2.33. The van der Waals surface area contributed by atoms with Crippen molar-refractivity contribution in [3.05, 3.63) is 60.2 Å². The summed E-state index contributed by atoms with van der Waals surface area (Å²) in [4.78, 5) is 26.1. The second kappa shape index (κ2) is 9.21. The number of nitrogens with zero attached hydrogens (tertiary/aromatic N) is 1. The second-order valence-electron chi connectivity index (χ2n) is 6.76. The molecule has 3 rings (SSSR count). The zero-order valence-corrected chi connectivity index (χ0v) is 15.7. The van der Waals surface area contributed by atoms with E-state index in [-0.39, 0.29) is 24.2 Å². The summed E-state index contributed by atoms with van der Waals surface area (Å²) in [6.45, 7) is 3.63. The summed E-state index contributed by atoms with van der Waals surface area (Å²) in [6, 6.07) is 17.7. The number of ether oxygens (including phenoxy) is 1. The SMILES string of the molecule is CCN1CC(C(=O)Nc2ccccc2OCCCc2ccccc2)CC1=O. The number of carbonyl (C=O) groups is 2. The van der Waals surface area contributed by atoms with Gasteiger partial charge in [0.2, 0.25) is 11.8 Å². The first kappa shape index (κ1) is 19.0. The van der Waals surface area contributed by atoms with Crippen LogP contribution in [-0.4, -0.2) is 36.4 Å². The van der Waals surface area contributed by atoms with Gasteiger partial charge in [-0.2, -0.15) is 0 Å². The molecular weight excluding hydrogens is 340 g/mol. The summed E-state index contributed by atoms with van der Waals surface area (Å²) in [5.41, 5.74) is 1.94. The van der Waals surface area contributed by atoms with Crippen LogP contribution in [0.25, 0.3) is 0 Å². The second-order valence-corrected chi connectivity index (χ2v) is 6.76. The van der Waals surface area contributed by atoms with Gasteiger partial charge in [-0.3, -0.25) is 9.59 Å². The lowest BCUT2D eigenvalue weighted by atomic mass is 10.1. The molecule has 1 fully saturated rings. The Labute approximate surface area is 160 Å². The summed E-state index contributed by atoms with van der Waals surface area (Å²) >= 11 is 0. The number of para-hydroxylation sites is 2. The Hall–Kier alpha value is -2.82. The number of hydrogen-bond acceptors (Lipinski definition) is 3. The molecule has 1 aliphatic heterocycles. The van der Waals surface area contributed by atoms with Gasteiger partial charge < -0.3 is 15.0 Å². The van der Waals surface area contributed by atoms with E-state index in [1.807, 2.05) is 49.4 Å². The van der Waals surface area contributed by atoms with Crippen LogP contribution in [0.5, 0.6) is 5.75 Å². The maximum atomic E-state index is 12.5. The fourth-order valence-electron chi connectivity index (χ4n) is 3.29. The molecule has 0 radical (unpaired) electrons. The van der Waals surface area contributed by atoms with E-state index in [0.29, 0.717) is 31.1 Å². The van der Waals surface area contributed by atoms with Crippen molar-refractivity contribution in [2.75, 3.05) is 25.0 Å². The topological polar surface area (TPSA) is 58.6 Å². The third kappa shape index (κ3) is 5.09. The average molecular weight is 366 g/mol. The predicted molar refractivity (Wildman–Crippen MR) is 106 cm³/mol. The molecule has 0 aliphatic carbocycles. The van der Waals surface area contributed by atoms with Gasteiger partial charge >= 0.3 is 0 Å². The molecule has 5 nitrogen and oxygen atoms in total. The Morgan fingerprint density at radius 2 is 1.89 bits per heavy atom. The van der Waals surface area contributed by atoms with Crippen LogP contribution in [0.15, 0.2) is 54.6 Å². The summed E-state index contributed by atoms with van der Waals surface area (Å²) < 4.78 is 5.89. The molecule has 2 amide bonds. The van der Waals surface area contributed by atoms with E-state index in [4.69, 9.17) is 4.74 Å². The van der Waals surface area contributed by atoms with Gasteiger partial charge in [0.1, 0.15) is 5.75 Å². The molecule has 0 aromatic heterocycles. The first-order chi connectivity index (χ1) is 13.2. The van der Waals surface area contributed by atoms with Gasteiger partial charge in [-0.15, -0.1) is 0 Å². The van der Waals surface area contributed by atoms with Gasteiger partial charge in [-0.05, 0) is 37.5 Å². The van der Waals surface area contributed by atoms with Gasteiger partial charge in [0.25, 0.3) is 0 Å². The Kier molecular flexibility index (Phi) is 6.47. The standard InChI is InChI=1S/C22H26N2O3/c1-2-24-16-18(15-21(24)25)22(26)23-19-12-6-7-13-20(19)27-14-8-11-17-9-4-3-5-10-17/h3-7,9-10,12-13,18H,2,8,11,14-16H2,1H3,(H,23,26). The van der Waals surface area contributed by atoms with E-state index in [1.54, 1.807) is 4.90 Å². The van der Waals surface area contributed by atoms with Gasteiger partial charge in [0.05, 0.1) is 18.2 Å². The van der Waals surface area contributed by atoms with Crippen molar-refractivity contribution in [2.24, 2.45) is 5.92 Å². The highest BCUT2D eigenvalue weighted by atomic mass is 16.5. The lowest BCUT2D eigenvalue weighted by Gasteiger charge is -2.15. The van der Waals surface area contributed by atoms with Crippen LogP contribution >= 0.6 is 0 Å². The van der Waals surface area contributed by atoms with Gasteiger partial charge in [0, 0.05) is 19.5 Å². The summed E-state index contributed by atoms with van der Waals surface area (Å²) in [7, 11) is 0. The monoisotopic (exact) mass is 366 g/mol. The lowest BCUT2D eigenvalue weighted by molar-refractivity contribution is -0.128. The number of amides is 2. The average Bonchev–Trinajstić information content (AvgIpc) is 3.08. The van der Waals surface area contributed by atoms with Crippen molar-refractivity contribution < 1.29 is 14.3 Å². The Bertz CT molecular complexity index is 776. The summed E-state index contributed by atoms with van der Waals surface area (Å²) in [5, 5.41) is 2.93. The number of hydrogen-bond donors (Lipinski definition) is 1. The van der Waals surface area contributed by atoms with E-state index >= 15 is 0 Å². The van der Waals surface area contributed by atoms with Crippen LogP contribution < -0.4 is 10.1 Å². The van der Waals surface area contributed by atoms with Crippen molar-refractivity contribution >= 4 is 17.5 Å². The number of anilines is 1. The molecule has 1 unspecified atom stereocenters. The minimum atomic E-state index is -0.302. The first-order valence-electron chi connectivity index (χ1n) is 9.51. The molecule has 2 aromatic carbocycles. The van der Waals surface area contributed by atoms with Gasteiger partial charge in [-0.1, -0.05) is 42.5 Å². The van der Waals surface area contributed by atoms with Crippen LogP contribution in [0.2, 0.25) is 0 Å². The minimum Gasteiger partial charge on any atom is -0.491 e. The zero-order chi connectivity index (χ0) is 19.1. The zero-order valence-electron chi connectivity index (χ0n) is 15.7. The first-order valence-corrected chi connectivity index (χ1v) is 9.51. The van der Waals surface area contributed by atoms with Gasteiger partial charge in [0.15, 0.2) is 0 Å². The van der Waals surface area contributed by atoms with Crippen molar-refractivity contribution in [3.63, 3.8) is 0 Å². The fourth-order valence-corrected chi connectivity index (χ4v) is 3.29. The Morgan fingerprint density at radius 3 is 2.63 bits per heavy atom. The minimum absolute atomic E-state index is 0.0445. The molecular formula is C22H26N2O3. The van der Waals surface area contributed by atoms with Crippen molar-refractivity contribution in [1.29, 1.82) is 0 Å². The number of likely N-dealkylation sites (tertiary alicyclic amines) is 1. The molecule has 1 heterocycles. The van der Waals surface area contributed by atoms with Crippen LogP contribution in [0.1, 0.15) is 25.3 Å². The predicted octanol–water partition coefficient (Wildman–Crippen LogP) is 3.51. The molecule has 2 aromatic rings. The van der Waals surface area contributed by atoms with Crippen LogP contribution in [0, 0.1) is 5.92 Å². The van der Waals surface area contributed by atoms with Gasteiger partial charge in [-0.25, -0.2) is 0 Å². The van der Waals surface area contributed by atoms with Crippen molar-refractivity contribution in [2.45, 2.75) is 26.2 Å². The van der Waals surface area contributed by atoms with Crippen LogP contribution in [0.4, 0.5) is 5.69 Å². The highest BCUT2D eigenvalue weighted by Crippen LogP contribution is 2.26. The molecule has 27 heavy (non-hydrogen) atoms. The number of aryl methyl sites for hydroxylation is 1. The third-order valence-corrected chi connectivity index (χ3v) is 4.82. The molecule has 1 saturated heterocycles. The molecule has 1 aliphatic rings. The largest absolute Gasteiger partial charge is 0.491 e. The molecule has 142 valence electrons. The van der Waals surface area contributed by atoms with Crippen LogP contribution in [0.3, 0.4) is 0 Å². The van der Waals surface area contributed by atoms with Crippen LogP contribution in [-0.2, 0) is 16.0 Å². The van der Waals surface area contributed by atoms with E-state index < -0.39 is 0 Å². The van der Waals surface area contributed by atoms with E-state index in [1.165, 1.54) is 5.56 Å². The van der Waals surface area contributed by atoms with E-state index in [0.717, 1.165) is 12.8 Å². The lowest BCUT2D eigenvalue weighted by Crippen LogP contribution is -2.28. The smallest absolute Gasteiger partial charge is 0.229 e. The Balaban J connectivity index is 1.53. The fraction of sp³-hybridized carbons (Fsp3) is 0.364. The van der Waals surface area contributed by atoms with Crippen molar-refractivity contribution in [1.82, 2.24) is 4.90 Å². The van der Waals surface area contributed by atoms with E-state index in [9.17, 15) is 9.59 Å². The Morgan fingerprint density at radius 1 is 1.15 bits per heavy atom. The quantitative estimate of drug-likeness (QED) is 0.728. The number of carbonyl (C=O) groups excluding carboxylic acids is 2. The number of nitrogens with one attached hydrogen (secondary N) is 1. The maximum absolute atomic E-state index is 12.5. The summed E-state index contributed by atoms with van der Waals surface area (Å²) in [5.74, 6) is 0.280. The molecule has 0 spiro atoms. The number of benzene rings is 2. The van der Waals surface area contributed by atoms with Crippen molar-refractivity contribution in [3.8, 4) is 5.75 Å². The highest BCUT2D eigenvalue weighted by molar-refractivity contribution is 5.98. The number of rotatable bonds is 8. The molecule has 1 N–H and O–H groups in total. The molecule has 1 atom stereocenters. The summed E-state index contributed by atoms with van der Waals surface area (Å²) in [6.07, 6.45) is 2.13. The molecule has 0 saturated carbocycles. The van der Waals surface area contributed by atoms with E-state index in [2.05, 4.69) is 17.4 Å². The normalized spacial score (nSPS) is 16.4. The third-order valence-electron chi connectivity index (χ3n) is 4.82. The maximum Gasteiger partial charge on any atom is 0.229 e. The molecule has 0 bridgehead atoms. The molecule has 5 heteroatoms.